The highest BCUT2D eigenvalue weighted by Gasteiger charge is 2.37. The number of aliphatic carboxylic acids is 1. The van der Waals surface area contributed by atoms with Crippen LogP contribution in [0.1, 0.15) is 32.1 Å². The third-order valence-corrected chi connectivity index (χ3v) is 3.86. The predicted octanol–water partition coefficient (Wildman–Crippen LogP) is 1.58. The standard InChI is InChI=1S/C11H19NO2/c1-12(7-8-3-2-4-8)10-5-9(6-10)11(13)14/h8-10H,2-7H2,1H3,(H,13,14). The largest absolute Gasteiger partial charge is 0.481 e. The fourth-order valence-electron chi connectivity index (χ4n) is 2.38. The Morgan fingerprint density at radius 1 is 1.43 bits per heavy atom. The van der Waals surface area contributed by atoms with E-state index in [-0.39, 0.29) is 5.92 Å². The van der Waals surface area contributed by atoms with Crippen molar-refractivity contribution in [3.8, 4) is 0 Å². The summed E-state index contributed by atoms with van der Waals surface area (Å²) < 4.78 is 0. The molecule has 3 heteroatoms. The normalized spacial score (nSPS) is 32.4. The van der Waals surface area contributed by atoms with Crippen LogP contribution in [0.5, 0.6) is 0 Å². The van der Waals surface area contributed by atoms with E-state index in [1.165, 1.54) is 25.8 Å². The molecular formula is C11H19NO2. The number of carbonyl (C=O) groups is 1. The van der Waals surface area contributed by atoms with Gasteiger partial charge < -0.3 is 10.0 Å². The van der Waals surface area contributed by atoms with Gasteiger partial charge in [-0.15, -0.1) is 0 Å². The van der Waals surface area contributed by atoms with Gasteiger partial charge in [-0.05, 0) is 38.6 Å². The van der Waals surface area contributed by atoms with Crippen LogP contribution in [-0.4, -0.2) is 35.6 Å². The molecule has 0 unspecified atom stereocenters. The van der Waals surface area contributed by atoms with E-state index in [9.17, 15) is 4.79 Å². The Morgan fingerprint density at radius 2 is 2.07 bits per heavy atom. The maximum atomic E-state index is 10.6. The van der Waals surface area contributed by atoms with Crippen LogP contribution in [0.4, 0.5) is 0 Å². The summed E-state index contributed by atoms with van der Waals surface area (Å²) in [5.41, 5.74) is 0. The van der Waals surface area contributed by atoms with Crippen molar-refractivity contribution in [1.29, 1.82) is 0 Å². The van der Waals surface area contributed by atoms with E-state index in [4.69, 9.17) is 5.11 Å². The Bertz CT molecular complexity index is 219. The fraction of sp³-hybridized carbons (Fsp3) is 0.909. The molecule has 80 valence electrons. The second-order valence-electron chi connectivity index (χ2n) is 4.90. The summed E-state index contributed by atoms with van der Waals surface area (Å²) in [7, 11) is 2.14. The quantitative estimate of drug-likeness (QED) is 0.744. The summed E-state index contributed by atoms with van der Waals surface area (Å²) in [6.07, 6.45) is 5.86. The molecule has 1 N–H and O–H groups in total. The lowest BCUT2D eigenvalue weighted by Gasteiger charge is -2.42. The van der Waals surface area contributed by atoms with Crippen molar-refractivity contribution in [1.82, 2.24) is 4.90 Å². The van der Waals surface area contributed by atoms with Crippen LogP contribution < -0.4 is 0 Å². The monoisotopic (exact) mass is 197 g/mol. The van der Waals surface area contributed by atoms with Crippen LogP contribution in [0.25, 0.3) is 0 Å². The molecule has 0 aromatic carbocycles. The van der Waals surface area contributed by atoms with Gasteiger partial charge in [0.15, 0.2) is 0 Å². The molecule has 0 saturated heterocycles. The van der Waals surface area contributed by atoms with E-state index < -0.39 is 5.97 Å². The highest BCUT2D eigenvalue weighted by atomic mass is 16.4. The second kappa shape index (κ2) is 3.89. The number of hydrogen-bond acceptors (Lipinski definition) is 2. The van der Waals surface area contributed by atoms with Crippen LogP contribution in [0.2, 0.25) is 0 Å². The molecule has 0 aromatic rings. The number of carboxylic acid groups (broad SMARTS) is 1. The van der Waals surface area contributed by atoms with Crippen molar-refractivity contribution < 1.29 is 9.90 Å². The lowest BCUT2D eigenvalue weighted by atomic mass is 9.78. The van der Waals surface area contributed by atoms with Crippen molar-refractivity contribution in [2.45, 2.75) is 38.1 Å². The molecule has 2 aliphatic carbocycles. The molecule has 0 aromatic heterocycles. The van der Waals surface area contributed by atoms with Crippen LogP contribution in [0.15, 0.2) is 0 Å². The van der Waals surface area contributed by atoms with Gasteiger partial charge in [-0.3, -0.25) is 4.79 Å². The van der Waals surface area contributed by atoms with Gasteiger partial charge in [0.25, 0.3) is 0 Å². The minimum atomic E-state index is -0.613. The van der Waals surface area contributed by atoms with Gasteiger partial charge in [-0.1, -0.05) is 6.42 Å². The first-order chi connectivity index (χ1) is 6.66. The summed E-state index contributed by atoms with van der Waals surface area (Å²) in [6, 6.07) is 0.539. The maximum Gasteiger partial charge on any atom is 0.306 e. The molecule has 0 radical (unpaired) electrons. The third kappa shape index (κ3) is 1.92. The van der Waals surface area contributed by atoms with E-state index in [0.29, 0.717) is 6.04 Å². The van der Waals surface area contributed by atoms with Crippen molar-refractivity contribution in [2.75, 3.05) is 13.6 Å². The molecule has 14 heavy (non-hydrogen) atoms. The first kappa shape index (κ1) is 9.97. The number of nitrogens with zero attached hydrogens (tertiary/aromatic N) is 1. The Balaban J connectivity index is 1.67. The molecule has 0 spiro atoms. The first-order valence-corrected chi connectivity index (χ1v) is 5.60. The van der Waals surface area contributed by atoms with E-state index in [0.717, 1.165) is 18.8 Å². The van der Waals surface area contributed by atoms with Crippen LogP contribution >= 0.6 is 0 Å². The molecule has 0 atom stereocenters. The Hall–Kier alpha value is -0.570. The zero-order valence-electron chi connectivity index (χ0n) is 8.78. The van der Waals surface area contributed by atoms with Gasteiger partial charge >= 0.3 is 5.97 Å². The van der Waals surface area contributed by atoms with Gasteiger partial charge in [-0.2, -0.15) is 0 Å². The lowest BCUT2D eigenvalue weighted by Crippen LogP contribution is -2.47. The van der Waals surface area contributed by atoms with E-state index in [2.05, 4.69) is 11.9 Å². The van der Waals surface area contributed by atoms with Crippen LogP contribution in [-0.2, 0) is 4.79 Å². The molecule has 0 amide bonds. The molecule has 0 aliphatic heterocycles. The minimum absolute atomic E-state index is 0.0659. The fourth-order valence-corrected chi connectivity index (χ4v) is 2.38. The Kier molecular flexibility index (Phi) is 2.77. The molecule has 0 heterocycles. The van der Waals surface area contributed by atoms with Gasteiger partial charge in [-0.25, -0.2) is 0 Å². The van der Waals surface area contributed by atoms with Crippen LogP contribution in [0.3, 0.4) is 0 Å². The molecule has 2 saturated carbocycles. The van der Waals surface area contributed by atoms with E-state index >= 15 is 0 Å². The molecule has 2 rings (SSSR count). The second-order valence-corrected chi connectivity index (χ2v) is 4.90. The van der Waals surface area contributed by atoms with Crippen molar-refractivity contribution in [3.05, 3.63) is 0 Å². The summed E-state index contributed by atoms with van der Waals surface area (Å²) in [5, 5.41) is 8.75. The van der Waals surface area contributed by atoms with E-state index in [1.807, 2.05) is 0 Å². The topological polar surface area (TPSA) is 40.5 Å². The van der Waals surface area contributed by atoms with Crippen molar-refractivity contribution >= 4 is 5.97 Å². The smallest absolute Gasteiger partial charge is 0.306 e. The van der Waals surface area contributed by atoms with Crippen molar-refractivity contribution in [2.24, 2.45) is 11.8 Å². The molecular weight excluding hydrogens is 178 g/mol. The van der Waals surface area contributed by atoms with Crippen molar-refractivity contribution in [3.63, 3.8) is 0 Å². The number of carboxylic acids is 1. The zero-order valence-corrected chi connectivity index (χ0v) is 8.78. The van der Waals surface area contributed by atoms with Gasteiger partial charge in [0, 0.05) is 12.6 Å². The van der Waals surface area contributed by atoms with Crippen LogP contribution in [0, 0.1) is 11.8 Å². The summed E-state index contributed by atoms with van der Waals surface area (Å²) in [4.78, 5) is 13.0. The third-order valence-electron chi connectivity index (χ3n) is 3.86. The highest BCUT2D eigenvalue weighted by molar-refractivity contribution is 5.71. The number of rotatable bonds is 4. The SMILES string of the molecule is CN(CC1CCC1)C1CC(C(=O)O)C1. The average Bonchev–Trinajstić information content (AvgIpc) is 1.93. The maximum absolute atomic E-state index is 10.6. The van der Waals surface area contributed by atoms with Gasteiger partial charge in [0.2, 0.25) is 0 Å². The Labute approximate surface area is 85.1 Å². The molecule has 2 fully saturated rings. The predicted molar refractivity (Wildman–Crippen MR) is 54.1 cm³/mol. The van der Waals surface area contributed by atoms with Gasteiger partial charge in [0.1, 0.15) is 0 Å². The highest BCUT2D eigenvalue weighted by Crippen LogP contribution is 2.34. The van der Waals surface area contributed by atoms with E-state index in [1.54, 1.807) is 0 Å². The summed E-state index contributed by atoms with van der Waals surface area (Å²) in [6.45, 7) is 1.18. The molecule has 3 nitrogen and oxygen atoms in total. The summed E-state index contributed by atoms with van der Waals surface area (Å²) >= 11 is 0. The first-order valence-electron chi connectivity index (χ1n) is 5.60. The number of hydrogen-bond donors (Lipinski definition) is 1. The molecule has 0 bridgehead atoms. The summed E-state index contributed by atoms with van der Waals surface area (Å²) in [5.74, 6) is 0.214. The average molecular weight is 197 g/mol. The lowest BCUT2D eigenvalue weighted by molar-refractivity contribution is -0.146. The minimum Gasteiger partial charge on any atom is -0.481 e. The molecule has 2 aliphatic rings. The van der Waals surface area contributed by atoms with Gasteiger partial charge in [0.05, 0.1) is 5.92 Å². The Morgan fingerprint density at radius 3 is 2.50 bits per heavy atom. The zero-order chi connectivity index (χ0) is 10.1.